The molecule has 1 saturated carbocycles. The van der Waals surface area contributed by atoms with Gasteiger partial charge in [-0.1, -0.05) is 0 Å². The van der Waals surface area contributed by atoms with Gasteiger partial charge >= 0.3 is 6.61 Å². The number of ether oxygens (including phenoxy) is 1. The second-order valence-corrected chi connectivity index (χ2v) is 9.17. The third-order valence-corrected chi connectivity index (χ3v) is 7.32. The predicted octanol–water partition coefficient (Wildman–Crippen LogP) is 4.18. The number of benzene rings is 1. The molecule has 1 aromatic heterocycles. The van der Waals surface area contributed by atoms with Gasteiger partial charge < -0.3 is 15.8 Å². The van der Waals surface area contributed by atoms with Gasteiger partial charge in [0.15, 0.2) is 0 Å². The molecular weight excluding hydrogens is 448 g/mol. The Hall–Kier alpha value is -2.82. The van der Waals surface area contributed by atoms with Crippen molar-refractivity contribution in [1.29, 1.82) is 0 Å². The number of halogens is 4. The molecule has 6 nitrogen and oxygen atoms in total. The molecule has 170 valence electrons. The summed E-state index contributed by atoms with van der Waals surface area (Å²) in [4.78, 5) is 20.9. The van der Waals surface area contributed by atoms with Crippen molar-refractivity contribution in [1.82, 2.24) is 4.98 Å². The number of thioether (sulfide) groups is 1. The first kappa shape index (κ1) is 22.4. The molecule has 1 aliphatic carbocycles. The molecule has 3 N–H and O–H groups in total. The van der Waals surface area contributed by atoms with E-state index < -0.39 is 30.5 Å². The first-order valence-electron chi connectivity index (χ1n) is 9.77. The molecule has 1 unspecified atom stereocenters. The average Bonchev–Trinajstić information content (AvgIpc) is 3.52. The van der Waals surface area contributed by atoms with Gasteiger partial charge in [0, 0.05) is 17.0 Å². The highest BCUT2D eigenvalue weighted by Crippen LogP contribution is 2.54. The largest absolute Gasteiger partial charge is 0.433 e. The predicted molar refractivity (Wildman–Crippen MR) is 114 cm³/mol. The molecule has 11 heteroatoms. The molecule has 0 saturated heterocycles. The second kappa shape index (κ2) is 8.27. The maximum atomic E-state index is 14.7. The van der Waals surface area contributed by atoms with Crippen LogP contribution in [0.4, 0.5) is 23.2 Å². The molecule has 1 aliphatic heterocycles. The Morgan fingerprint density at radius 3 is 2.69 bits per heavy atom. The number of aryl methyl sites for hydroxylation is 1. The highest BCUT2D eigenvalue weighted by molar-refractivity contribution is 8.01. The lowest BCUT2D eigenvalue weighted by Crippen LogP contribution is -2.43. The molecule has 0 bridgehead atoms. The van der Waals surface area contributed by atoms with Gasteiger partial charge in [-0.05, 0) is 49.6 Å². The summed E-state index contributed by atoms with van der Waals surface area (Å²) in [6, 6.07) is 5.04. The summed E-state index contributed by atoms with van der Waals surface area (Å²) in [7, 11) is 0. The van der Waals surface area contributed by atoms with Crippen molar-refractivity contribution in [3.8, 4) is 5.75 Å². The van der Waals surface area contributed by atoms with E-state index in [1.807, 2.05) is 0 Å². The average molecular weight is 468 g/mol. The highest BCUT2D eigenvalue weighted by atomic mass is 32.2. The molecule has 32 heavy (non-hydrogen) atoms. The lowest BCUT2D eigenvalue weighted by Gasteiger charge is -2.35. The molecule has 1 atom stereocenters. The Morgan fingerprint density at radius 1 is 1.34 bits per heavy atom. The monoisotopic (exact) mass is 468 g/mol. The summed E-state index contributed by atoms with van der Waals surface area (Å²) in [5.41, 5.74) is 5.08. The topological polar surface area (TPSA) is 89.6 Å². The second-order valence-electron chi connectivity index (χ2n) is 7.81. The van der Waals surface area contributed by atoms with Crippen molar-refractivity contribution in [3.05, 3.63) is 53.1 Å². The molecule has 2 heterocycles. The number of carbonyl (C=O) groups is 1. The fraction of sp³-hybridized carbons (Fsp3) is 0.381. The van der Waals surface area contributed by atoms with Gasteiger partial charge in [0.2, 0.25) is 0 Å². The zero-order valence-corrected chi connectivity index (χ0v) is 17.8. The van der Waals surface area contributed by atoms with Crippen LogP contribution in [0.15, 0.2) is 35.5 Å². The van der Waals surface area contributed by atoms with E-state index in [0.29, 0.717) is 11.4 Å². The van der Waals surface area contributed by atoms with Gasteiger partial charge in [-0.15, -0.1) is 11.8 Å². The summed E-state index contributed by atoms with van der Waals surface area (Å²) in [6.07, 6.45) is 2.73. The normalized spacial score (nSPS) is 21.4. The highest BCUT2D eigenvalue weighted by Gasteiger charge is 2.53. The van der Waals surface area contributed by atoms with Crippen molar-refractivity contribution in [3.63, 3.8) is 0 Å². The lowest BCUT2D eigenvalue weighted by atomic mass is 9.92. The number of pyridine rings is 1. The number of hydrogen-bond acceptors (Lipinski definition) is 6. The number of amides is 1. The van der Waals surface area contributed by atoms with Crippen LogP contribution >= 0.6 is 11.8 Å². The van der Waals surface area contributed by atoms with Gasteiger partial charge in [0.25, 0.3) is 5.91 Å². The Bertz CT molecular complexity index is 1090. The minimum absolute atomic E-state index is 0.00545. The number of amidine groups is 1. The quantitative estimate of drug-likeness (QED) is 0.621. The maximum absolute atomic E-state index is 14.7. The Morgan fingerprint density at radius 2 is 2.09 bits per heavy atom. The molecule has 1 fully saturated rings. The van der Waals surface area contributed by atoms with E-state index in [4.69, 9.17) is 5.73 Å². The number of nitrogens with one attached hydrogen (secondary N) is 1. The number of aromatic nitrogens is 1. The van der Waals surface area contributed by atoms with Crippen molar-refractivity contribution >= 4 is 29.2 Å². The van der Waals surface area contributed by atoms with Crippen molar-refractivity contribution in [2.75, 3.05) is 17.7 Å². The van der Waals surface area contributed by atoms with E-state index >= 15 is 0 Å². The SMILES string of the molecule is Cc1cc(OC(F)F)cnc1C(=O)Nc1ccc(F)c(C2(CF)CSC3(CC3)C(N)=N2)c1. The van der Waals surface area contributed by atoms with Crippen LogP contribution in [0, 0.1) is 12.7 Å². The zero-order chi connectivity index (χ0) is 23.1. The molecule has 1 aromatic carbocycles. The Balaban J connectivity index is 1.59. The fourth-order valence-corrected chi connectivity index (χ4v) is 4.99. The van der Waals surface area contributed by atoms with E-state index in [0.717, 1.165) is 25.1 Å². The zero-order valence-electron chi connectivity index (χ0n) is 17.0. The van der Waals surface area contributed by atoms with Crippen molar-refractivity contribution in [2.24, 2.45) is 10.7 Å². The van der Waals surface area contributed by atoms with Crippen molar-refractivity contribution < 1.29 is 27.1 Å². The van der Waals surface area contributed by atoms with Gasteiger partial charge in [-0.3, -0.25) is 9.79 Å². The molecular formula is C21H20F4N4O2S. The number of aliphatic imine (C=N–C) groups is 1. The first-order chi connectivity index (χ1) is 15.2. The van der Waals surface area contributed by atoms with Gasteiger partial charge in [0.05, 0.1) is 10.9 Å². The summed E-state index contributed by atoms with van der Waals surface area (Å²) in [5, 5.41) is 2.58. The minimum Gasteiger partial charge on any atom is -0.433 e. The maximum Gasteiger partial charge on any atom is 0.387 e. The summed E-state index contributed by atoms with van der Waals surface area (Å²) < 4.78 is 57.6. The van der Waals surface area contributed by atoms with Crippen LogP contribution in [-0.2, 0) is 5.54 Å². The number of nitrogens with zero attached hydrogens (tertiary/aromatic N) is 2. The van der Waals surface area contributed by atoms with Crippen LogP contribution in [0.3, 0.4) is 0 Å². The summed E-state index contributed by atoms with van der Waals surface area (Å²) >= 11 is 1.47. The van der Waals surface area contributed by atoms with E-state index in [2.05, 4.69) is 20.0 Å². The number of anilines is 1. The van der Waals surface area contributed by atoms with Crippen LogP contribution < -0.4 is 15.8 Å². The molecule has 2 aliphatic rings. The smallest absolute Gasteiger partial charge is 0.387 e. The van der Waals surface area contributed by atoms with E-state index in [1.165, 1.54) is 36.9 Å². The first-order valence-corrected chi connectivity index (χ1v) is 10.8. The third-order valence-electron chi connectivity index (χ3n) is 5.53. The summed E-state index contributed by atoms with van der Waals surface area (Å²) in [5.74, 6) is -0.943. The van der Waals surface area contributed by atoms with E-state index in [-0.39, 0.29) is 33.2 Å². The van der Waals surface area contributed by atoms with Crippen LogP contribution in [-0.4, -0.2) is 40.5 Å². The van der Waals surface area contributed by atoms with Crippen LogP contribution in [0.1, 0.15) is 34.5 Å². The van der Waals surface area contributed by atoms with E-state index in [9.17, 15) is 22.4 Å². The lowest BCUT2D eigenvalue weighted by molar-refractivity contribution is -0.0501. The molecule has 4 rings (SSSR count). The number of rotatable bonds is 6. The molecule has 0 radical (unpaired) electrons. The van der Waals surface area contributed by atoms with Crippen molar-refractivity contribution in [2.45, 2.75) is 36.7 Å². The van der Waals surface area contributed by atoms with Crippen LogP contribution in [0.25, 0.3) is 0 Å². The standard InChI is InChI=1S/C21H20F4N4O2S/c1-11-6-13(31-19(24)25)8-27-16(11)17(30)28-12-2-3-15(23)14(7-12)20(9-22)10-32-21(4-5-21)18(26)29-20/h2-3,6-8,19H,4-5,9-10H2,1H3,(H2,26,29)(H,28,30). The number of carbonyl (C=O) groups excluding carboxylic acids is 1. The molecule has 1 amide bonds. The summed E-state index contributed by atoms with van der Waals surface area (Å²) in [6.45, 7) is -2.45. The fourth-order valence-electron chi connectivity index (χ4n) is 3.59. The Labute approximate surface area is 185 Å². The minimum atomic E-state index is -3.01. The number of hydrogen-bond donors (Lipinski definition) is 2. The van der Waals surface area contributed by atoms with Gasteiger partial charge in [0.1, 0.15) is 35.3 Å². The number of nitrogens with two attached hydrogens (primary N) is 1. The van der Waals surface area contributed by atoms with Crippen LogP contribution in [0.2, 0.25) is 0 Å². The van der Waals surface area contributed by atoms with Gasteiger partial charge in [-0.25, -0.2) is 13.8 Å². The third kappa shape index (κ3) is 4.13. The van der Waals surface area contributed by atoms with Gasteiger partial charge in [-0.2, -0.15) is 8.78 Å². The molecule has 2 aromatic rings. The van der Waals surface area contributed by atoms with Crippen LogP contribution in [0.5, 0.6) is 5.75 Å². The van der Waals surface area contributed by atoms with E-state index in [1.54, 1.807) is 0 Å². The Kier molecular flexibility index (Phi) is 5.78. The number of alkyl halides is 3. The molecule has 1 spiro atoms.